The van der Waals surface area contributed by atoms with Gasteiger partial charge in [-0.15, -0.1) is 0 Å². The van der Waals surface area contributed by atoms with Crippen LogP contribution in [-0.2, 0) is 0 Å². The lowest BCUT2D eigenvalue weighted by atomic mass is 9.76. The summed E-state index contributed by atoms with van der Waals surface area (Å²) < 4.78 is 13.4. The molecule has 0 bridgehead atoms. The lowest BCUT2D eigenvalue weighted by Crippen LogP contribution is -2.46. The van der Waals surface area contributed by atoms with Crippen LogP contribution in [0.1, 0.15) is 42.1 Å². The van der Waals surface area contributed by atoms with Gasteiger partial charge >= 0.3 is 0 Å². The van der Waals surface area contributed by atoms with Crippen LogP contribution in [0.4, 0.5) is 4.39 Å². The Bertz CT molecular complexity index is 469. The van der Waals surface area contributed by atoms with Crippen molar-refractivity contribution in [2.75, 3.05) is 0 Å². The highest BCUT2D eigenvalue weighted by Gasteiger charge is 2.34. The highest BCUT2D eigenvalue weighted by molar-refractivity contribution is 5.95. The minimum atomic E-state index is -0.361. The van der Waals surface area contributed by atoms with E-state index in [1.807, 2.05) is 6.92 Å². The van der Waals surface area contributed by atoms with E-state index in [0.29, 0.717) is 17.0 Å². The molecule has 2 N–H and O–H groups in total. The van der Waals surface area contributed by atoms with E-state index in [1.54, 1.807) is 19.1 Å². The lowest BCUT2D eigenvalue weighted by molar-refractivity contribution is 0.0232. The molecule has 4 heteroatoms. The number of hydrogen-bond donors (Lipinski definition) is 2. The highest BCUT2D eigenvalue weighted by Crippen LogP contribution is 2.31. The lowest BCUT2D eigenvalue weighted by Gasteiger charge is -2.37. The first-order chi connectivity index (χ1) is 9.02. The third-order valence-corrected chi connectivity index (χ3v) is 3.99. The number of rotatable bonds is 4. The molecule has 0 aromatic heterocycles. The molecule has 1 unspecified atom stereocenters. The van der Waals surface area contributed by atoms with Crippen LogP contribution < -0.4 is 5.32 Å². The number of carbonyl (C=O) groups excluding carboxylic acids is 1. The Kier molecular flexibility index (Phi) is 4.20. The summed E-state index contributed by atoms with van der Waals surface area (Å²) in [5, 5.41) is 12.3. The van der Waals surface area contributed by atoms with Crippen LogP contribution in [0.2, 0.25) is 0 Å². The topological polar surface area (TPSA) is 49.3 Å². The molecule has 1 aromatic rings. The van der Waals surface area contributed by atoms with E-state index in [9.17, 15) is 14.3 Å². The van der Waals surface area contributed by atoms with Gasteiger partial charge in [0.05, 0.1) is 6.10 Å². The van der Waals surface area contributed by atoms with E-state index in [-0.39, 0.29) is 23.9 Å². The number of amides is 1. The van der Waals surface area contributed by atoms with E-state index in [4.69, 9.17) is 0 Å². The number of benzene rings is 1. The molecule has 1 amide bonds. The first kappa shape index (κ1) is 14.0. The molecular weight excluding hydrogens is 245 g/mol. The smallest absolute Gasteiger partial charge is 0.251 e. The van der Waals surface area contributed by atoms with Gasteiger partial charge in [-0.2, -0.15) is 0 Å². The van der Waals surface area contributed by atoms with E-state index < -0.39 is 0 Å². The second-order valence-corrected chi connectivity index (χ2v) is 5.29. The summed E-state index contributed by atoms with van der Waals surface area (Å²) in [5.74, 6) is -0.261. The number of aliphatic hydroxyl groups excluding tert-OH is 1. The first-order valence-corrected chi connectivity index (χ1v) is 6.77. The van der Waals surface area contributed by atoms with Crippen molar-refractivity contribution in [3.05, 3.63) is 35.1 Å². The van der Waals surface area contributed by atoms with Crippen LogP contribution in [0, 0.1) is 18.7 Å². The molecule has 1 aromatic carbocycles. The summed E-state index contributed by atoms with van der Waals surface area (Å²) in [6.45, 7) is 3.62. The maximum atomic E-state index is 13.4. The van der Waals surface area contributed by atoms with Crippen molar-refractivity contribution in [2.45, 2.75) is 45.3 Å². The summed E-state index contributed by atoms with van der Waals surface area (Å²) in [7, 11) is 0. The third kappa shape index (κ3) is 2.95. The predicted octanol–water partition coefficient (Wildman–Crippen LogP) is 2.41. The van der Waals surface area contributed by atoms with Crippen LogP contribution >= 0.6 is 0 Å². The Hall–Kier alpha value is -1.42. The van der Waals surface area contributed by atoms with E-state index >= 15 is 0 Å². The predicted molar refractivity (Wildman–Crippen MR) is 71.4 cm³/mol. The molecule has 3 nitrogen and oxygen atoms in total. The molecule has 1 saturated carbocycles. The minimum absolute atomic E-state index is 0.0542. The third-order valence-electron chi connectivity index (χ3n) is 3.99. The van der Waals surface area contributed by atoms with Gasteiger partial charge in [0.1, 0.15) is 5.82 Å². The van der Waals surface area contributed by atoms with Crippen molar-refractivity contribution in [2.24, 2.45) is 5.92 Å². The fourth-order valence-corrected chi connectivity index (χ4v) is 2.61. The molecule has 0 saturated heterocycles. The average molecular weight is 265 g/mol. The molecule has 1 atom stereocenters. The van der Waals surface area contributed by atoms with Gasteiger partial charge in [0.2, 0.25) is 0 Å². The quantitative estimate of drug-likeness (QED) is 0.878. The number of aliphatic hydroxyl groups is 1. The van der Waals surface area contributed by atoms with Crippen LogP contribution in [0.25, 0.3) is 0 Å². The molecule has 104 valence electrons. The van der Waals surface area contributed by atoms with Crippen molar-refractivity contribution in [1.82, 2.24) is 5.32 Å². The number of halogens is 1. The van der Waals surface area contributed by atoms with Gasteiger partial charge < -0.3 is 10.4 Å². The molecule has 0 heterocycles. The summed E-state index contributed by atoms with van der Waals surface area (Å²) in [6.07, 6.45) is 2.06. The van der Waals surface area contributed by atoms with Gasteiger partial charge in [-0.1, -0.05) is 13.0 Å². The van der Waals surface area contributed by atoms with Crippen molar-refractivity contribution < 1.29 is 14.3 Å². The fourth-order valence-electron chi connectivity index (χ4n) is 2.61. The zero-order chi connectivity index (χ0) is 14.0. The fraction of sp³-hybridized carbons (Fsp3) is 0.533. The maximum Gasteiger partial charge on any atom is 0.251 e. The molecule has 0 radical (unpaired) electrons. The maximum absolute atomic E-state index is 13.4. The monoisotopic (exact) mass is 265 g/mol. The van der Waals surface area contributed by atoms with Crippen molar-refractivity contribution in [1.29, 1.82) is 0 Å². The van der Waals surface area contributed by atoms with Crippen LogP contribution in [0.3, 0.4) is 0 Å². The van der Waals surface area contributed by atoms with Crippen molar-refractivity contribution >= 4 is 5.91 Å². The zero-order valence-electron chi connectivity index (χ0n) is 11.3. The second kappa shape index (κ2) is 5.70. The largest absolute Gasteiger partial charge is 0.393 e. The molecule has 2 rings (SSSR count). The van der Waals surface area contributed by atoms with E-state index in [0.717, 1.165) is 19.3 Å². The van der Waals surface area contributed by atoms with Crippen LogP contribution in [0.5, 0.6) is 0 Å². The molecule has 1 aliphatic carbocycles. The molecular formula is C15H20FNO2. The van der Waals surface area contributed by atoms with Gasteiger partial charge in [0.25, 0.3) is 5.91 Å². The summed E-state index contributed by atoms with van der Waals surface area (Å²) >= 11 is 0. The summed E-state index contributed by atoms with van der Waals surface area (Å²) in [4.78, 5) is 12.2. The van der Waals surface area contributed by atoms with Crippen molar-refractivity contribution in [3.63, 3.8) is 0 Å². The average Bonchev–Trinajstić information content (AvgIpc) is 2.35. The Morgan fingerprint density at radius 3 is 2.79 bits per heavy atom. The zero-order valence-corrected chi connectivity index (χ0v) is 11.3. The van der Waals surface area contributed by atoms with E-state index in [2.05, 4.69) is 5.32 Å². The summed E-state index contributed by atoms with van der Waals surface area (Å²) in [5.41, 5.74) is 0.766. The summed E-state index contributed by atoms with van der Waals surface area (Å²) in [6, 6.07) is 4.59. The normalized spacial score (nSPS) is 23.6. The molecule has 0 aliphatic heterocycles. The van der Waals surface area contributed by atoms with Gasteiger partial charge in [0, 0.05) is 11.6 Å². The molecule has 0 spiro atoms. The number of nitrogens with one attached hydrogen (secondary N) is 1. The van der Waals surface area contributed by atoms with E-state index in [1.165, 1.54) is 6.07 Å². The van der Waals surface area contributed by atoms with Gasteiger partial charge in [0.15, 0.2) is 0 Å². The first-order valence-electron chi connectivity index (χ1n) is 6.77. The number of hydrogen-bond acceptors (Lipinski definition) is 2. The highest BCUT2D eigenvalue weighted by atomic mass is 19.1. The van der Waals surface area contributed by atoms with Crippen LogP contribution in [-0.4, -0.2) is 23.2 Å². The Morgan fingerprint density at radius 1 is 1.53 bits per heavy atom. The van der Waals surface area contributed by atoms with Gasteiger partial charge in [-0.3, -0.25) is 4.79 Å². The van der Waals surface area contributed by atoms with Crippen LogP contribution in [0.15, 0.2) is 18.2 Å². The van der Waals surface area contributed by atoms with Crippen molar-refractivity contribution in [3.8, 4) is 0 Å². The SMILES string of the molecule is CCC(NC(=O)c1cccc(F)c1C)C1CC(O)C1. The standard InChI is InChI=1S/C15H20FNO2/c1-3-14(10-7-11(18)8-10)17-15(19)12-5-4-6-13(16)9(12)2/h4-6,10-11,14,18H,3,7-8H2,1-2H3,(H,17,19). The minimum Gasteiger partial charge on any atom is -0.393 e. The Labute approximate surface area is 112 Å². The Balaban J connectivity index is 2.05. The van der Waals surface area contributed by atoms with Gasteiger partial charge in [-0.05, 0) is 49.8 Å². The van der Waals surface area contributed by atoms with Gasteiger partial charge in [-0.25, -0.2) is 4.39 Å². The Morgan fingerprint density at radius 2 is 2.21 bits per heavy atom. The number of carbonyl (C=O) groups is 1. The second-order valence-electron chi connectivity index (χ2n) is 5.29. The molecule has 1 aliphatic rings. The molecule has 19 heavy (non-hydrogen) atoms. The molecule has 1 fully saturated rings.